The zero-order chi connectivity index (χ0) is 34.9. The topological polar surface area (TPSA) is 55.8 Å². The molecule has 0 saturated heterocycles. The number of allylic oxidation sites excluding steroid dienone is 12. The van der Waals surface area contributed by atoms with Crippen molar-refractivity contribution in [2.45, 2.75) is 180 Å². The minimum absolute atomic E-state index is 0.204. The van der Waals surface area contributed by atoms with Gasteiger partial charge in [-0.15, -0.1) is 0 Å². The van der Waals surface area contributed by atoms with E-state index in [4.69, 9.17) is 9.47 Å². The van der Waals surface area contributed by atoms with Crippen molar-refractivity contribution in [1.29, 1.82) is 0 Å². The Morgan fingerprint density at radius 2 is 0.896 bits per heavy atom. The quantitative estimate of drug-likeness (QED) is 0.0410. The molecule has 1 atom stereocenters. The highest BCUT2D eigenvalue weighted by atomic mass is 16.6. The molecular formula is C44H76O4. The third-order valence-electron chi connectivity index (χ3n) is 8.31. The molecule has 0 aliphatic rings. The molecule has 1 unspecified atom stereocenters. The number of aliphatic hydroxyl groups is 1. The maximum absolute atomic E-state index is 12.1. The number of hydrogen-bond acceptors (Lipinski definition) is 4. The molecule has 0 rings (SSSR count). The molecule has 0 spiro atoms. The second kappa shape index (κ2) is 41.0. The van der Waals surface area contributed by atoms with Crippen LogP contribution in [0.4, 0.5) is 0 Å². The lowest BCUT2D eigenvalue weighted by Crippen LogP contribution is -2.27. The third-order valence-corrected chi connectivity index (χ3v) is 8.31. The Bertz CT molecular complexity index is 835. The minimum atomic E-state index is -0.575. The van der Waals surface area contributed by atoms with Gasteiger partial charge in [-0.1, -0.05) is 189 Å². The van der Waals surface area contributed by atoms with Crippen LogP contribution in [0.5, 0.6) is 0 Å². The van der Waals surface area contributed by atoms with E-state index in [0.29, 0.717) is 19.4 Å². The number of aliphatic hydroxyl groups excluding tert-OH is 1. The van der Waals surface area contributed by atoms with Crippen molar-refractivity contribution in [1.82, 2.24) is 0 Å². The van der Waals surface area contributed by atoms with Crippen molar-refractivity contribution in [3.63, 3.8) is 0 Å². The van der Waals surface area contributed by atoms with E-state index < -0.39 is 6.10 Å². The Kier molecular flexibility index (Phi) is 39.1. The molecule has 0 aromatic carbocycles. The van der Waals surface area contributed by atoms with Crippen LogP contribution >= 0.6 is 0 Å². The van der Waals surface area contributed by atoms with E-state index in [-0.39, 0.29) is 19.2 Å². The number of ether oxygens (including phenoxy) is 2. The maximum Gasteiger partial charge on any atom is 0.306 e. The normalized spacial score (nSPS) is 13.1. The fourth-order valence-corrected chi connectivity index (χ4v) is 5.35. The van der Waals surface area contributed by atoms with Crippen LogP contribution in [-0.2, 0) is 14.3 Å². The van der Waals surface area contributed by atoms with Crippen molar-refractivity contribution >= 4 is 5.97 Å². The molecule has 0 aliphatic heterocycles. The first-order chi connectivity index (χ1) is 23.7. The number of carbonyl (C=O) groups is 1. The van der Waals surface area contributed by atoms with Gasteiger partial charge in [0.15, 0.2) is 0 Å². The highest BCUT2D eigenvalue weighted by molar-refractivity contribution is 5.69. The van der Waals surface area contributed by atoms with Gasteiger partial charge >= 0.3 is 5.97 Å². The standard InChI is InChI=1S/C44H76O4/c1-3-5-7-9-11-13-15-17-19-21-22-23-25-27-29-31-33-35-37-39-44(46)48-43(41-45)42-47-40-38-36-34-32-30-28-26-24-20-18-16-14-12-10-8-6-4-2/h5,7,11,13,17,19,22-23,27,29,33,35,43,45H,3-4,6,8-10,12,14-16,18,20-21,24-26,28,30-32,34,36-42H2,1-2H3/b7-5-,13-11-,19-17-,23-22-,29-27-,35-33-. The summed E-state index contributed by atoms with van der Waals surface area (Å²) in [6, 6.07) is 0. The van der Waals surface area contributed by atoms with Gasteiger partial charge in [0, 0.05) is 13.0 Å². The molecular weight excluding hydrogens is 592 g/mol. The molecule has 0 heterocycles. The number of hydrogen-bond donors (Lipinski definition) is 1. The van der Waals surface area contributed by atoms with Crippen molar-refractivity contribution < 1.29 is 19.4 Å². The molecule has 48 heavy (non-hydrogen) atoms. The first kappa shape index (κ1) is 45.8. The van der Waals surface area contributed by atoms with Gasteiger partial charge in [-0.25, -0.2) is 0 Å². The van der Waals surface area contributed by atoms with Gasteiger partial charge < -0.3 is 14.6 Å². The summed E-state index contributed by atoms with van der Waals surface area (Å²) < 4.78 is 11.1. The van der Waals surface area contributed by atoms with Gasteiger partial charge in [0.05, 0.1) is 13.2 Å². The predicted octanol–water partition coefficient (Wildman–Crippen LogP) is 13.0. The van der Waals surface area contributed by atoms with E-state index >= 15 is 0 Å². The molecule has 4 heteroatoms. The molecule has 0 amide bonds. The predicted molar refractivity (Wildman–Crippen MR) is 209 cm³/mol. The van der Waals surface area contributed by atoms with Gasteiger partial charge in [0.1, 0.15) is 6.10 Å². The summed E-state index contributed by atoms with van der Waals surface area (Å²) in [5, 5.41) is 9.57. The molecule has 0 saturated carbocycles. The Morgan fingerprint density at radius 1 is 0.521 bits per heavy atom. The average Bonchev–Trinajstić information content (AvgIpc) is 3.09. The van der Waals surface area contributed by atoms with Gasteiger partial charge in [-0.05, 0) is 51.4 Å². The molecule has 0 bridgehead atoms. The summed E-state index contributed by atoms with van der Waals surface area (Å²) in [7, 11) is 0. The maximum atomic E-state index is 12.1. The lowest BCUT2D eigenvalue weighted by atomic mass is 10.0. The zero-order valence-corrected chi connectivity index (χ0v) is 31.5. The Morgan fingerprint density at radius 3 is 1.29 bits per heavy atom. The second-order valence-electron chi connectivity index (χ2n) is 13.0. The van der Waals surface area contributed by atoms with Crippen LogP contribution in [-0.4, -0.2) is 37.0 Å². The highest BCUT2D eigenvalue weighted by Gasteiger charge is 2.13. The van der Waals surface area contributed by atoms with E-state index in [9.17, 15) is 9.90 Å². The number of unbranched alkanes of at least 4 members (excludes halogenated alkanes) is 16. The van der Waals surface area contributed by atoms with Crippen molar-refractivity contribution in [3.05, 3.63) is 72.9 Å². The number of carbonyl (C=O) groups excluding carboxylic acids is 1. The Hall–Kier alpha value is -2.17. The number of esters is 1. The molecule has 0 aromatic heterocycles. The first-order valence-corrected chi connectivity index (χ1v) is 20.0. The van der Waals surface area contributed by atoms with Gasteiger partial charge in [-0.3, -0.25) is 4.79 Å². The second-order valence-corrected chi connectivity index (χ2v) is 13.0. The Balaban J connectivity index is 3.58. The average molecular weight is 669 g/mol. The van der Waals surface area contributed by atoms with Crippen molar-refractivity contribution in [2.24, 2.45) is 0 Å². The molecule has 1 N–H and O–H groups in total. The van der Waals surface area contributed by atoms with Gasteiger partial charge in [-0.2, -0.15) is 0 Å². The molecule has 0 aliphatic carbocycles. The van der Waals surface area contributed by atoms with Crippen LogP contribution in [0.1, 0.15) is 174 Å². The molecule has 0 radical (unpaired) electrons. The smallest absolute Gasteiger partial charge is 0.306 e. The third kappa shape index (κ3) is 38.3. The van der Waals surface area contributed by atoms with Crippen molar-refractivity contribution in [2.75, 3.05) is 19.8 Å². The molecule has 276 valence electrons. The van der Waals surface area contributed by atoms with E-state index in [1.807, 2.05) is 6.08 Å². The van der Waals surface area contributed by atoms with E-state index in [1.165, 1.54) is 103 Å². The summed E-state index contributed by atoms with van der Waals surface area (Å²) >= 11 is 0. The lowest BCUT2D eigenvalue weighted by Gasteiger charge is -2.15. The number of rotatable bonds is 36. The summed E-state index contributed by atoms with van der Waals surface area (Å²) in [4.78, 5) is 12.1. The van der Waals surface area contributed by atoms with E-state index in [1.54, 1.807) is 0 Å². The van der Waals surface area contributed by atoms with Crippen LogP contribution < -0.4 is 0 Å². The fraction of sp³-hybridized carbons (Fsp3) is 0.705. The van der Waals surface area contributed by atoms with Gasteiger partial charge in [0.2, 0.25) is 0 Å². The SMILES string of the molecule is CC/C=C\C/C=C\C/C=C\C/C=C\C/C=C\C/C=C\CCC(=O)OC(CO)COCCCCCCCCCCCCCCCCCCC. The zero-order valence-electron chi connectivity index (χ0n) is 31.5. The lowest BCUT2D eigenvalue weighted by molar-refractivity contribution is -0.154. The first-order valence-electron chi connectivity index (χ1n) is 20.0. The molecule has 4 nitrogen and oxygen atoms in total. The Labute approximate surface area is 297 Å². The van der Waals surface area contributed by atoms with Crippen molar-refractivity contribution in [3.8, 4) is 0 Å². The summed E-state index contributed by atoms with van der Waals surface area (Å²) in [5.74, 6) is -0.282. The van der Waals surface area contributed by atoms with E-state index in [0.717, 1.165) is 44.9 Å². The molecule has 0 aromatic rings. The fourth-order valence-electron chi connectivity index (χ4n) is 5.35. The van der Waals surface area contributed by atoms with Crippen LogP contribution in [0.15, 0.2) is 72.9 Å². The minimum Gasteiger partial charge on any atom is -0.457 e. The van der Waals surface area contributed by atoms with Gasteiger partial charge in [0.25, 0.3) is 0 Å². The molecule has 0 fully saturated rings. The largest absolute Gasteiger partial charge is 0.457 e. The van der Waals surface area contributed by atoms with Crippen LogP contribution in [0.3, 0.4) is 0 Å². The highest BCUT2D eigenvalue weighted by Crippen LogP contribution is 2.14. The van der Waals surface area contributed by atoms with E-state index in [2.05, 4.69) is 80.7 Å². The summed E-state index contributed by atoms with van der Waals surface area (Å²) in [6.07, 6.45) is 55.3. The van der Waals surface area contributed by atoms with Crippen LogP contribution in [0.25, 0.3) is 0 Å². The monoisotopic (exact) mass is 669 g/mol. The summed E-state index contributed by atoms with van der Waals surface area (Å²) in [5.41, 5.74) is 0. The van der Waals surface area contributed by atoms with Crippen LogP contribution in [0, 0.1) is 0 Å². The van der Waals surface area contributed by atoms with Crippen LogP contribution in [0.2, 0.25) is 0 Å². The summed E-state index contributed by atoms with van der Waals surface area (Å²) in [6.45, 7) is 5.16.